The van der Waals surface area contributed by atoms with E-state index in [4.69, 9.17) is 9.47 Å². The second-order valence-electron chi connectivity index (χ2n) is 7.69. The number of aromatic nitrogens is 1. The molecule has 2 rings (SSSR count). The van der Waals surface area contributed by atoms with E-state index in [1.54, 1.807) is 14.2 Å². The van der Waals surface area contributed by atoms with Gasteiger partial charge in [-0.15, -0.1) is 11.3 Å². The lowest BCUT2D eigenvalue weighted by Crippen LogP contribution is -2.34. The molecule has 1 aliphatic rings. The van der Waals surface area contributed by atoms with Gasteiger partial charge in [-0.05, 0) is 37.5 Å². The Bertz CT molecular complexity index is 535. The zero-order valence-electron chi connectivity index (χ0n) is 16.0. The van der Waals surface area contributed by atoms with Crippen LogP contribution in [0, 0.1) is 5.41 Å². The van der Waals surface area contributed by atoms with Gasteiger partial charge in [0.1, 0.15) is 4.88 Å². The minimum absolute atomic E-state index is 0.0316. The van der Waals surface area contributed by atoms with E-state index in [2.05, 4.69) is 24.1 Å². The Morgan fingerprint density at radius 1 is 1.36 bits per heavy atom. The van der Waals surface area contributed by atoms with Crippen LogP contribution < -0.4 is 5.32 Å². The van der Waals surface area contributed by atoms with Crippen LogP contribution >= 0.6 is 11.3 Å². The van der Waals surface area contributed by atoms with Gasteiger partial charge in [0.15, 0.2) is 6.29 Å². The predicted octanol–water partition coefficient (Wildman–Crippen LogP) is 4.35. The summed E-state index contributed by atoms with van der Waals surface area (Å²) in [6.45, 7) is 5.04. The van der Waals surface area contributed by atoms with Crippen LogP contribution in [0.3, 0.4) is 0 Å². The van der Waals surface area contributed by atoms with E-state index in [9.17, 15) is 4.79 Å². The highest BCUT2D eigenvalue weighted by Gasteiger charge is 2.26. The third-order valence-electron chi connectivity index (χ3n) is 5.09. The molecule has 0 bridgehead atoms. The number of hydrogen-bond donors (Lipinski definition) is 1. The number of nitrogens with one attached hydrogen (secondary N) is 1. The Hall–Kier alpha value is -0.980. The van der Waals surface area contributed by atoms with Crippen LogP contribution in [0.15, 0.2) is 5.51 Å². The lowest BCUT2D eigenvalue weighted by Gasteiger charge is -2.25. The van der Waals surface area contributed by atoms with E-state index in [1.807, 2.05) is 5.51 Å². The third-order valence-corrected chi connectivity index (χ3v) is 5.93. The number of rotatable bonds is 10. The van der Waals surface area contributed by atoms with Crippen LogP contribution in [-0.2, 0) is 9.47 Å². The first kappa shape index (κ1) is 20.3. The van der Waals surface area contributed by atoms with Gasteiger partial charge in [-0.3, -0.25) is 4.79 Å². The molecule has 0 saturated heterocycles. The number of hydrogen-bond acceptors (Lipinski definition) is 5. The molecule has 6 heteroatoms. The van der Waals surface area contributed by atoms with Crippen molar-refractivity contribution in [2.45, 2.75) is 71.0 Å². The number of thiazole rings is 1. The summed E-state index contributed by atoms with van der Waals surface area (Å²) in [5.74, 6) is 0.504. The van der Waals surface area contributed by atoms with Crippen molar-refractivity contribution >= 4 is 17.2 Å². The molecule has 0 atom stereocenters. The summed E-state index contributed by atoms with van der Waals surface area (Å²) >= 11 is 1.47. The van der Waals surface area contributed by atoms with E-state index in [-0.39, 0.29) is 17.6 Å². The summed E-state index contributed by atoms with van der Waals surface area (Å²) in [6, 6.07) is 0. The van der Waals surface area contributed by atoms with E-state index in [0.29, 0.717) is 12.5 Å². The Morgan fingerprint density at radius 2 is 2.04 bits per heavy atom. The molecule has 1 N–H and O–H groups in total. The number of carbonyl (C=O) groups excluding carboxylic acids is 1. The van der Waals surface area contributed by atoms with Crippen LogP contribution in [0.2, 0.25) is 0 Å². The van der Waals surface area contributed by atoms with Crippen molar-refractivity contribution in [2.75, 3.05) is 20.8 Å². The standard InChI is InChI=1S/C19H32N2O3S/c1-19(2,11-7-10-15(23-3)24-4)12-20-18(22)17-16(21-13-25-17)14-8-5-6-9-14/h13-15H,5-12H2,1-4H3,(H,20,22). The third kappa shape index (κ3) is 6.04. The number of amides is 1. The van der Waals surface area contributed by atoms with Gasteiger partial charge in [-0.25, -0.2) is 4.98 Å². The topological polar surface area (TPSA) is 60.5 Å². The normalized spacial score (nSPS) is 15.9. The van der Waals surface area contributed by atoms with Crippen molar-refractivity contribution in [3.8, 4) is 0 Å². The minimum Gasteiger partial charge on any atom is -0.356 e. The summed E-state index contributed by atoms with van der Waals surface area (Å²) in [4.78, 5) is 17.9. The molecule has 1 aromatic rings. The maximum Gasteiger partial charge on any atom is 0.263 e. The summed E-state index contributed by atoms with van der Waals surface area (Å²) in [5, 5.41) is 3.12. The Morgan fingerprint density at radius 3 is 2.68 bits per heavy atom. The molecular weight excluding hydrogens is 336 g/mol. The van der Waals surface area contributed by atoms with Crippen molar-refractivity contribution in [3.05, 3.63) is 16.1 Å². The first-order valence-corrected chi connectivity index (χ1v) is 10.1. The Balaban J connectivity index is 1.81. The lowest BCUT2D eigenvalue weighted by atomic mass is 9.87. The highest BCUT2D eigenvalue weighted by Crippen LogP contribution is 2.36. The second-order valence-corrected chi connectivity index (χ2v) is 8.54. The number of carbonyl (C=O) groups is 1. The highest BCUT2D eigenvalue weighted by molar-refractivity contribution is 7.11. The Labute approximate surface area is 155 Å². The molecule has 1 amide bonds. The fourth-order valence-corrected chi connectivity index (χ4v) is 4.27. The molecule has 1 aromatic heterocycles. The fourth-order valence-electron chi connectivity index (χ4n) is 3.48. The number of nitrogens with zero attached hydrogens (tertiary/aromatic N) is 1. The van der Waals surface area contributed by atoms with E-state index in [0.717, 1.165) is 42.7 Å². The maximum absolute atomic E-state index is 12.6. The maximum atomic E-state index is 12.6. The zero-order valence-corrected chi connectivity index (χ0v) is 16.8. The van der Waals surface area contributed by atoms with Gasteiger partial charge in [0.2, 0.25) is 0 Å². The molecule has 1 saturated carbocycles. The monoisotopic (exact) mass is 368 g/mol. The first-order chi connectivity index (χ1) is 12.0. The molecule has 0 unspecified atom stereocenters. The predicted molar refractivity (Wildman–Crippen MR) is 101 cm³/mol. The van der Waals surface area contributed by atoms with Gasteiger partial charge in [0, 0.05) is 26.7 Å². The van der Waals surface area contributed by atoms with Crippen molar-refractivity contribution in [3.63, 3.8) is 0 Å². The first-order valence-electron chi connectivity index (χ1n) is 9.24. The smallest absolute Gasteiger partial charge is 0.263 e. The molecule has 1 heterocycles. The molecule has 0 aliphatic heterocycles. The largest absolute Gasteiger partial charge is 0.356 e. The van der Waals surface area contributed by atoms with Gasteiger partial charge < -0.3 is 14.8 Å². The van der Waals surface area contributed by atoms with Crippen LogP contribution in [-0.4, -0.2) is 37.9 Å². The Kier molecular flexibility index (Phi) is 7.84. The van der Waals surface area contributed by atoms with Crippen molar-refractivity contribution in [1.29, 1.82) is 0 Å². The summed E-state index contributed by atoms with van der Waals surface area (Å²) < 4.78 is 10.5. The molecule has 1 fully saturated rings. The summed E-state index contributed by atoms with van der Waals surface area (Å²) in [6.07, 6.45) is 7.56. The minimum atomic E-state index is -0.142. The van der Waals surface area contributed by atoms with E-state index >= 15 is 0 Å². The molecule has 142 valence electrons. The van der Waals surface area contributed by atoms with Crippen molar-refractivity contribution in [1.82, 2.24) is 10.3 Å². The molecule has 0 aromatic carbocycles. The lowest BCUT2D eigenvalue weighted by molar-refractivity contribution is -0.107. The van der Waals surface area contributed by atoms with Crippen LogP contribution in [0.5, 0.6) is 0 Å². The number of methoxy groups -OCH3 is 2. The summed E-state index contributed by atoms with van der Waals surface area (Å²) in [5.41, 5.74) is 2.87. The van der Waals surface area contributed by atoms with Crippen LogP contribution in [0.1, 0.15) is 80.1 Å². The van der Waals surface area contributed by atoms with Crippen LogP contribution in [0.25, 0.3) is 0 Å². The van der Waals surface area contributed by atoms with Crippen molar-refractivity contribution in [2.24, 2.45) is 5.41 Å². The van der Waals surface area contributed by atoms with Gasteiger partial charge >= 0.3 is 0 Å². The molecular formula is C19H32N2O3S. The van der Waals surface area contributed by atoms with Gasteiger partial charge in [0.25, 0.3) is 5.91 Å². The van der Waals surface area contributed by atoms with E-state index < -0.39 is 0 Å². The fraction of sp³-hybridized carbons (Fsp3) is 0.789. The summed E-state index contributed by atoms with van der Waals surface area (Å²) in [7, 11) is 3.33. The molecule has 5 nitrogen and oxygen atoms in total. The molecule has 1 aliphatic carbocycles. The van der Waals surface area contributed by atoms with Crippen molar-refractivity contribution < 1.29 is 14.3 Å². The molecule has 0 spiro atoms. The molecule has 25 heavy (non-hydrogen) atoms. The highest BCUT2D eigenvalue weighted by atomic mass is 32.1. The average Bonchev–Trinajstić information content (AvgIpc) is 3.27. The second kappa shape index (κ2) is 9.64. The quantitative estimate of drug-likeness (QED) is 0.624. The van der Waals surface area contributed by atoms with Gasteiger partial charge in [-0.1, -0.05) is 26.7 Å². The van der Waals surface area contributed by atoms with Gasteiger partial charge in [0.05, 0.1) is 11.2 Å². The van der Waals surface area contributed by atoms with E-state index in [1.165, 1.54) is 24.2 Å². The SMILES string of the molecule is COC(CCCC(C)(C)CNC(=O)c1scnc1C1CCCC1)OC. The average molecular weight is 369 g/mol. The zero-order chi connectivity index (χ0) is 18.3. The molecule has 0 radical (unpaired) electrons. The van der Waals surface area contributed by atoms with Crippen LogP contribution in [0.4, 0.5) is 0 Å². The number of ether oxygens (including phenoxy) is 2. The van der Waals surface area contributed by atoms with Gasteiger partial charge in [-0.2, -0.15) is 0 Å².